The largest absolute Gasteiger partial charge is 0.481 e. The highest BCUT2D eigenvalue weighted by Crippen LogP contribution is 2.26. The number of carboxylic acids is 2. The van der Waals surface area contributed by atoms with E-state index in [-0.39, 0.29) is 0 Å². The maximum absolute atomic E-state index is 11.2. The van der Waals surface area contributed by atoms with E-state index in [1.165, 1.54) is 0 Å². The molecule has 0 aliphatic heterocycles. The van der Waals surface area contributed by atoms with Gasteiger partial charge in [0.1, 0.15) is 0 Å². The monoisotopic (exact) mass is 354 g/mol. The van der Waals surface area contributed by atoms with Gasteiger partial charge in [-0.15, -0.1) is 0 Å². The fraction of sp³-hybridized carbons (Fsp3) is 0.300. The van der Waals surface area contributed by atoms with Crippen LogP contribution in [0.5, 0.6) is 0 Å². The average molecular weight is 354 g/mol. The Kier molecular flexibility index (Phi) is 6.60. The Bertz CT molecular complexity index is 715. The Morgan fingerprint density at radius 2 is 1.04 bits per heavy atom. The number of benzene rings is 2. The lowest BCUT2D eigenvalue weighted by Crippen LogP contribution is -2.10. The molecule has 0 amide bonds. The lowest BCUT2D eigenvalue weighted by atomic mass is 9.96. The molecule has 0 saturated heterocycles. The van der Waals surface area contributed by atoms with Crippen LogP contribution in [0.1, 0.15) is 49.7 Å². The average Bonchev–Trinajstić information content (AvgIpc) is 2.62. The summed E-state index contributed by atoms with van der Waals surface area (Å²) in [6.07, 6.45) is 1.05. The van der Waals surface area contributed by atoms with E-state index in [4.69, 9.17) is 0 Å². The van der Waals surface area contributed by atoms with Crippen LogP contribution in [0.2, 0.25) is 0 Å². The van der Waals surface area contributed by atoms with E-state index in [1.807, 2.05) is 13.8 Å². The zero-order chi connectivity index (χ0) is 19.1. The molecule has 0 aliphatic rings. The molecule has 0 aliphatic carbocycles. The maximum Gasteiger partial charge on any atom is 0.310 e. The lowest BCUT2D eigenvalue weighted by molar-refractivity contribution is -0.139. The van der Waals surface area contributed by atoms with Gasteiger partial charge in [-0.2, -0.15) is 10.2 Å². The van der Waals surface area contributed by atoms with Crippen LogP contribution in [0.15, 0.2) is 58.8 Å². The van der Waals surface area contributed by atoms with Crippen LogP contribution in [0.4, 0.5) is 11.4 Å². The maximum atomic E-state index is 11.2. The Morgan fingerprint density at radius 1 is 0.731 bits per heavy atom. The summed E-state index contributed by atoms with van der Waals surface area (Å²) in [5, 5.41) is 26.6. The molecule has 0 aromatic heterocycles. The molecule has 0 heterocycles. The van der Waals surface area contributed by atoms with E-state index < -0.39 is 23.8 Å². The Hall–Kier alpha value is -3.02. The van der Waals surface area contributed by atoms with Gasteiger partial charge in [0.2, 0.25) is 0 Å². The molecule has 0 saturated carbocycles. The van der Waals surface area contributed by atoms with Crippen molar-refractivity contribution in [1.29, 1.82) is 0 Å². The highest BCUT2D eigenvalue weighted by molar-refractivity contribution is 5.76. The number of azo groups is 1. The number of aliphatic carboxylic acids is 2. The van der Waals surface area contributed by atoms with E-state index in [2.05, 4.69) is 10.2 Å². The van der Waals surface area contributed by atoms with E-state index >= 15 is 0 Å². The van der Waals surface area contributed by atoms with Crippen molar-refractivity contribution < 1.29 is 19.8 Å². The van der Waals surface area contributed by atoms with Gasteiger partial charge >= 0.3 is 11.9 Å². The van der Waals surface area contributed by atoms with Crippen molar-refractivity contribution in [3.8, 4) is 0 Å². The van der Waals surface area contributed by atoms with Crippen molar-refractivity contribution in [2.45, 2.75) is 38.5 Å². The number of rotatable bonds is 8. The van der Waals surface area contributed by atoms with Gasteiger partial charge in [0.25, 0.3) is 0 Å². The molecule has 6 heteroatoms. The summed E-state index contributed by atoms with van der Waals surface area (Å²) in [6, 6.07) is 13.9. The van der Waals surface area contributed by atoms with Gasteiger partial charge in [-0.1, -0.05) is 38.1 Å². The molecule has 2 N–H and O–H groups in total. The number of hydrogen-bond acceptors (Lipinski definition) is 4. The molecule has 2 aromatic carbocycles. The minimum Gasteiger partial charge on any atom is -0.481 e. The summed E-state index contributed by atoms with van der Waals surface area (Å²) < 4.78 is 0. The minimum atomic E-state index is -0.839. The van der Waals surface area contributed by atoms with Crippen molar-refractivity contribution in [3.05, 3.63) is 59.7 Å². The fourth-order valence-electron chi connectivity index (χ4n) is 2.77. The summed E-state index contributed by atoms with van der Waals surface area (Å²) in [6.45, 7) is 3.67. The third kappa shape index (κ3) is 4.75. The fourth-order valence-corrected chi connectivity index (χ4v) is 2.77. The van der Waals surface area contributed by atoms with Crippen LogP contribution in [0.3, 0.4) is 0 Å². The van der Waals surface area contributed by atoms with Crippen LogP contribution in [-0.2, 0) is 9.59 Å². The van der Waals surface area contributed by atoms with Gasteiger partial charge in [0.15, 0.2) is 0 Å². The molecule has 0 fully saturated rings. The van der Waals surface area contributed by atoms with Gasteiger partial charge in [-0.05, 0) is 48.2 Å². The van der Waals surface area contributed by atoms with E-state index in [0.29, 0.717) is 24.2 Å². The first-order chi connectivity index (χ1) is 12.5. The highest BCUT2D eigenvalue weighted by Gasteiger charge is 2.17. The zero-order valence-corrected chi connectivity index (χ0v) is 14.8. The summed E-state index contributed by atoms with van der Waals surface area (Å²) in [7, 11) is 0. The quantitative estimate of drug-likeness (QED) is 0.632. The summed E-state index contributed by atoms with van der Waals surface area (Å²) in [5.74, 6) is -2.72. The smallest absolute Gasteiger partial charge is 0.310 e. The molecule has 0 radical (unpaired) electrons. The Labute approximate surface area is 152 Å². The standard InChI is InChI=1S/C20H22N2O4/c1-3-17(19(23)24)13-5-9-15(10-6-13)21-22-16-11-7-14(8-12-16)18(4-2)20(25)26/h5-12,17-18H,3-4H2,1-2H3,(H,23,24)(H,25,26). The molecule has 0 spiro atoms. The minimum absolute atomic E-state index is 0.519. The van der Waals surface area contributed by atoms with Crippen molar-refractivity contribution in [1.82, 2.24) is 0 Å². The molecule has 2 atom stereocenters. The molecule has 0 bridgehead atoms. The van der Waals surface area contributed by atoms with Gasteiger partial charge in [0, 0.05) is 0 Å². The number of carboxylic acid groups (broad SMARTS) is 2. The third-order valence-electron chi connectivity index (χ3n) is 4.28. The van der Waals surface area contributed by atoms with Crippen molar-refractivity contribution in [3.63, 3.8) is 0 Å². The topological polar surface area (TPSA) is 99.3 Å². The van der Waals surface area contributed by atoms with Crippen molar-refractivity contribution in [2.24, 2.45) is 10.2 Å². The highest BCUT2D eigenvalue weighted by atomic mass is 16.4. The molecular formula is C20H22N2O4. The Balaban J connectivity index is 2.10. The SMILES string of the molecule is CCC(C(=O)O)c1ccc(N=Nc2ccc(C(CC)C(=O)O)cc2)cc1. The predicted octanol–water partition coefficient (Wildman–Crippen LogP) is 5.26. The van der Waals surface area contributed by atoms with Crippen LogP contribution >= 0.6 is 0 Å². The second kappa shape index (κ2) is 8.89. The normalized spacial score (nSPS) is 13.5. The van der Waals surface area contributed by atoms with Gasteiger partial charge in [-0.25, -0.2) is 0 Å². The first-order valence-electron chi connectivity index (χ1n) is 8.53. The third-order valence-corrected chi connectivity index (χ3v) is 4.28. The second-order valence-electron chi connectivity index (χ2n) is 5.98. The van der Waals surface area contributed by atoms with E-state index in [9.17, 15) is 19.8 Å². The van der Waals surface area contributed by atoms with Crippen molar-refractivity contribution >= 4 is 23.3 Å². The van der Waals surface area contributed by atoms with Gasteiger partial charge < -0.3 is 10.2 Å². The molecule has 136 valence electrons. The van der Waals surface area contributed by atoms with Crippen LogP contribution in [0, 0.1) is 0 Å². The summed E-state index contributed by atoms with van der Waals surface area (Å²) >= 11 is 0. The van der Waals surface area contributed by atoms with Crippen LogP contribution in [-0.4, -0.2) is 22.2 Å². The molecular weight excluding hydrogens is 332 g/mol. The second-order valence-corrected chi connectivity index (χ2v) is 5.98. The number of nitrogens with zero attached hydrogens (tertiary/aromatic N) is 2. The summed E-state index contributed by atoms with van der Waals surface area (Å²) in [5.41, 5.74) is 2.72. The summed E-state index contributed by atoms with van der Waals surface area (Å²) in [4.78, 5) is 22.4. The van der Waals surface area contributed by atoms with Gasteiger partial charge in [-0.3, -0.25) is 9.59 Å². The first kappa shape index (κ1) is 19.3. The first-order valence-corrected chi connectivity index (χ1v) is 8.53. The van der Waals surface area contributed by atoms with Crippen LogP contribution < -0.4 is 0 Å². The number of carbonyl (C=O) groups is 2. The van der Waals surface area contributed by atoms with E-state index in [1.54, 1.807) is 48.5 Å². The lowest BCUT2D eigenvalue weighted by Gasteiger charge is -2.10. The Morgan fingerprint density at radius 3 is 1.27 bits per heavy atom. The zero-order valence-electron chi connectivity index (χ0n) is 14.8. The number of hydrogen-bond donors (Lipinski definition) is 2. The predicted molar refractivity (Wildman–Crippen MR) is 98.4 cm³/mol. The molecule has 2 aromatic rings. The van der Waals surface area contributed by atoms with Gasteiger partial charge in [0.05, 0.1) is 23.2 Å². The molecule has 2 rings (SSSR count). The van der Waals surface area contributed by atoms with Crippen molar-refractivity contribution in [2.75, 3.05) is 0 Å². The van der Waals surface area contributed by atoms with E-state index in [0.717, 1.165) is 11.1 Å². The van der Waals surface area contributed by atoms with Crippen LogP contribution in [0.25, 0.3) is 0 Å². The molecule has 6 nitrogen and oxygen atoms in total. The molecule has 2 unspecified atom stereocenters. The molecule has 26 heavy (non-hydrogen) atoms.